The average Bonchev–Trinajstić information content (AvgIpc) is 3.22. The molecule has 0 unspecified atom stereocenters. The molecule has 1 fully saturated rings. The Hall–Kier alpha value is -2.45. The molecule has 0 radical (unpaired) electrons. The van der Waals surface area contributed by atoms with Crippen LogP contribution in [-0.4, -0.2) is 43.5 Å². The monoisotopic (exact) mass is 389 g/mol. The third-order valence-electron chi connectivity index (χ3n) is 4.99. The molecular formula is C18H24ClN7O. The molecule has 0 spiro atoms. The van der Waals surface area contributed by atoms with Crippen molar-refractivity contribution in [3.63, 3.8) is 0 Å². The molecule has 2 N–H and O–H groups in total. The van der Waals surface area contributed by atoms with Crippen LogP contribution in [0.2, 0.25) is 0 Å². The van der Waals surface area contributed by atoms with Crippen molar-refractivity contribution in [2.24, 2.45) is 0 Å². The van der Waals surface area contributed by atoms with Crippen LogP contribution in [0.5, 0.6) is 0 Å². The van der Waals surface area contributed by atoms with E-state index in [4.69, 9.17) is 0 Å². The summed E-state index contributed by atoms with van der Waals surface area (Å²) < 4.78 is 3.87. The summed E-state index contributed by atoms with van der Waals surface area (Å²) in [4.78, 5) is 17.3. The predicted octanol–water partition coefficient (Wildman–Crippen LogP) is 2.55. The average molecular weight is 390 g/mol. The van der Waals surface area contributed by atoms with Gasteiger partial charge in [-0.05, 0) is 51.9 Å². The van der Waals surface area contributed by atoms with E-state index in [1.54, 1.807) is 0 Å². The van der Waals surface area contributed by atoms with E-state index in [0.29, 0.717) is 17.7 Å². The number of carbonyl (C=O) groups excluding carboxylic acids is 1. The molecule has 0 aliphatic carbocycles. The number of benzene rings is 1. The van der Waals surface area contributed by atoms with Gasteiger partial charge >= 0.3 is 0 Å². The lowest BCUT2D eigenvalue weighted by molar-refractivity contribution is 0.102. The zero-order valence-electron chi connectivity index (χ0n) is 15.5. The highest BCUT2D eigenvalue weighted by Crippen LogP contribution is 2.22. The molecule has 1 amide bonds. The van der Waals surface area contributed by atoms with Gasteiger partial charge in [0.2, 0.25) is 5.95 Å². The van der Waals surface area contributed by atoms with Crippen LogP contribution in [0.3, 0.4) is 0 Å². The van der Waals surface area contributed by atoms with Crippen LogP contribution in [0.15, 0.2) is 24.3 Å². The molecular weight excluding hydrogens is 366 g/mol. The quantitative estimate of drug-likeness (QED) is 0.715. The second-order valence-corrected chi connectivity index (χ2v) is 6.57. The van der Waals surface area contributed by atoms with Gasteiger partial charge in [0.05, 0.1) is 22.8 Å². The van der Waals surface area contributed by atoms with Gasteiger partial charge in [-0.15, -0.1) is 17.5 Å². The molecule has 2 aromatic heterocycles. The lowest BCUT2D eigenvalue weighted by atomic mass is 10.1. The number of nitrogens with one attached hydrogen (secondary N) is 2. The van der Waals surface area contributed by atoms with Gasteiger partial charge < -0.3 is 9.88 Å². The van der Waals surface area contributed by atoms with E-state index >= 15 is 0 Å². The Morgan fingerprint density at radius 2 is 2.04 bits per heavy atom. The molecule has 27 heavy (non-hydrogen) atoms. The summed E-state index contributed by atoms with van der Waals surface area (Å²) >= 11 is 0. The molecule has 144 valence electrons. The van der Waals surface area contributed by atoms with E-state index in [9.17, 15) is 4.79 Å². The van der Waals surface area contributed by atoms with E-state index < -0.39 is 0 Å². The molecule has 1 saturated heterocycles. The summed E-state index contributed by atoms with van der Waals surface area (Å²) in [5.41, 5.74) is 3.02. The van der Waals surface area contributed by atoms with Gasteiger partial charge in [0.25, 0.3) is 5.91 Å². The number of amides is 1. The molecule has 1 aliphatic rings. The Morgan fingerprint density at radius 1 is 1.30 bits per heavy atom. The lowest BCUT2D eigenvalue weighted by Gasteiger charge is -2.23. The molecule has 1 aromatic carbocycles. The molecule has 4 rings (SSSR count). The summed E-state index contributed by atoms with van der Waals surface area (Å²) in [6.07, 6.45) is 1.99. The molecule has 0 bridgehead atoms. The van der Waals surface area contributed by atoms with E-state index in [1.165, 1.54) is 0 Å². The Bertz CT molecular complexity index is 942. The summed E-state index contributed by atoms with van der Waals surface area (Å²) in [5, 5.41) is 14.6. The number of para-hydroxylation sites is 2. The van der Waals surface area contributed by atoms with Crippen LogP contribution in [0.1, 0.15) is 42.0 Å². The van der Waals surface area contributed by atoms with E-state index in [2.05, 4.69) is 25.9 Å². The predicted molar refractivity (Wildman–Crippen MR) is 107 cm³/mol. The Balaban J connectivity index is 0.00000210. The number of anilines is 1. The van der Waals surface area contributed by atoms with E-state index in [-0.39, 0.29) is 18.3 Å². The Labute approximate surface area is 163 Å². The first-order chi connectivity index (χ1) is 12.7. The second kappa shape index (κ2) is 8.06. The van der Waals surface area contributed by atoms with Gasteiger partial charge in [0, 0.05) is 6.54 Å². The minimum atomic E-state index is -0.271. The summed E-state index contributed by atoms with van der Waals surface area (Å²) in [5.74, 6) is 0.266. The molecule has 0 atom stereocenters. The summed E-state index contributed by atoms with van der Waals surface area (Å²) in [6.45, 7) is 6.58. The first-order valence-corrected chi connectivity index (χ1v) is 9.08. The Morgan fingerprint density at radius 3 is 2.78 bits per heavy atom. The zero-order chi connectivity index (χ0) is 18.1. The van der Waals surface area contributed by atoms with Crippen LogP contribution < -0.4 is 10.6 Å². The van der Waals surface area contributed by atoms with Gasteiger partial charge in [-0.1, -0.05) is 17.3 Å². The molecule has 3 aromatic rings. The van der Waals surface area contributed by atoms with Crippen molar-refractivity contribution in [2.75, 3.05) is 18.4 Å². The maximum Gasteiger partial charge on any atom is 0.280 e. The zero-order valence-corrected chi connectivity index (χ0v) is 16.3. The number of nitrogens with zero attached hydrogens (tertiary/aromatic N) is 5. The van der Waals surface area contributed by atoms with E-state index in [0.717, 1.165) is 49.2 Å². The van der Waals surface area contributed by atoms with Gasteiger partial charge in [-0.3, -0.25) is 10.1 Å². The van der Waals surface area contributed by atoms with Crippen LogP contribution in [0.25, 0.3) is 11.0 Å². The van der Waals surface area contributed by atoms with Crippen molar-refractivity contribution in [3.8, 4) is 0 Å². The second-order valence-electron chi connectivity index (χ2n) is 6.57. The fourth-order valence-corrected chi connectivity index (χ4v) is 3.60. The van der Waals surface area contributed by atoms with Gasteiger partial charge in [-0.25, -0.2) is 9.67 Å². The highest BCUT2D eigenvalue weighted by molar-refractivity contribution is 6.03. The Kier molecular flexibility index (Phi) is 5.76. The number of aryl methyl sites for hydroxylation is 1. The van der Waals surface area contributed by atoms with Crippen LogP contribution in [0, 0.1) is 6.92 Å². The van der Waals surface area contributed by atoms with Crippen molar-refractivity contribution in [3.05, 3.63) is 35.7 Å². The van der Waals surface area contributed by atoms with Gasteiger partial charge in [-0.2, -0.15) is 0 Å². The number of halogens is 1. The van der Waals surface area contributed by atoms with Crippen LogP contribution >= 0.6 is 12.4 Å². The summed E-state index contributed by atoms with van der Waals surface area (Å²) in [7, 11) is 0. The molecule has 1 aliphatic heterocycles. The standard InChI is InChI=1S/C18H23N7O.ClH/c1-3-24-15-7-5-4-6-14(15)20-18(24)21-17(26)16-12(2)25(23-22-16)13-8-10-19-11-9-13;/h4-7,13,19H,3,8-11H2,1-2H3,(H,20,21,26);1H. The first-order valence-electron chi connectivity index (χ1n) is 9.08. The van der Waals surface area contributed by atoms with Crippen molar-refractivity contribution in [2.45, 2.75) is 39.3 Å². The third-order valence-corrected chi connectivity index (χ3v) is 4.99. The fraction of sp³-hybridized carbons (Fsp3) is 0.444. The number of rotatable bonds is 4. The number of hydrogen-bond donors (Lipinski definition) is 2. The fourth-order valence-electron chi connectivity index (χ4n) is 3.60. The minimum absolute atomic E-state index is 0. The number of carbonyl (C=O) groups is 1. The van der Waals surface area contributed by atoms with Crippen LogP contribution in [-0.2, 0) is 6.54 Å². The van der Waals surface area contributed by atoms with E-state index in [1.807, 2.05) is 47.4 Å². The van der Waals surface area contributed by atoms with Crippen molar-refractivity contribution in [1.82, 2.24) is 29.9 Å². The normalized spacial score (nSPS) is 14.9. The first kappa shape index (κ1) is 19.3. The number of piperidine rings is 1. The number of imidazole rings is 1. The highest BCUT2D eigenvalue weighted by atomic mass is 35.5. The number of aromatic nitrogens is 5. The van der Waals surface area contributed by atoms with Crippen molar-refractivity contribution < 1.29 is 4.79 Å². The smallest absolute Gasteiger partial charge is 0.280 e. The van der Waals surface area contributed by atoms with Crippen molar-refractivity contribution >= 4 is 35.3 Å². The SMILES string of the molecule is CCn1c(NC(=O)c2nnn(C3CCNCC3)c2C)nc2ccccc21.Cl. The van der Waals surface area contributed by atoms with Crippen molar-refractivity contribution in [1.29, 1.82) is 0 Å². The largest absolute Gasteiger partial charge is 0.317 e. The van der Waals surface area contributed by atoms with Gasteiger partial charge in [0.1, 0.15) is 0 Å². The van der Waals surface area contributed by atoms with Gasteiger partial charge in [0.15, 0.2) is 5.69 Å². The maximum atomic E-state index is 12.8. The lowest BCUT2D eigenvalue weighted by Crippen LogP contribution is -2.30. The molecule has 3 heterocycles. The number of hydrogen-bond acceptors (Lipinski definition) is 5. The van der Waals surface area contributed by atoms with Crippen LogP contribution in [0.4, 0.5) is 5.95 Å². The molecule has 8 nitrogen and oxygen atoms in total. The summed E-state index contributed by atoms with van der Waals surface area (Å²) in [6, 6.07) is 8.15. The third kappa shape index (κ3) is 3.54. The molecule has 0 saturated carbocycles. The number of fused-ring (bicyclic) bond motifs is 1. The minimum Gasteiger partial charge on any atom is -0.317 e. The topological polar surface area (TPSA) is 89.7 Å². The maximum absolute atomic E-state index is 12.8. The highest BCUT2D eigenvalue weighted by Gasteiger charge is 2.24. The molecule has 9 heteroatoms.